The normalized spacial score (nSPS) is 26.3. The first-order valence-corrected chi connectivity index (χ1v) is 8.67. The molecule has 3 N–H and O–H groups in total. The number of carbonyl (C=O) groups is 1. The van der Waals surface area contributed by atoms with Crippen LogP contribution in [0, 0.1) is 0 Å². The van der Waals surface area contributed by atoms with E-state index in [0.29, 0.717) is 13.0 Å². The molecule has 2 aliphatic rings. The van der Waals surface area contributed by atoms with Gasteiger partial charge in [-0.15, -0.1) is 0 Å². The SMILES string of the molecule is O=C(NC1CCN(Cc2ccccc2Cl)CC1)[C@@H]1C[C@@H](O)CN1. The van der Waals surface area contributed by atoms with Crippen LogP contribution in [0.2, 0.25) is 5.02 Å². The van der Waals surface area contributed by atoms with Gasteiger partial charge in [-0.1, -0.05) is 29.8 Å². The van der Waals surface area contributed by atoms with E-state index in [1.807, 2.05) is 18.2 Å². The summed E-state index contributed by atoms with van der Waals surface area (Å²) in [5.41, 5.74) is 1.15. The van der Waals surface area contributed by atoms with E-state index in [4.69, 9.17) is 11.6 Å². The van der Waals surface area contributed by atoms with Crippen LogP contribution in [-0.2, 0) is 11.3 Å². The Balaban J connectivity index is 1.43. The number of piperidine rings is 1. The first-order chi connectivity index (χ1) is 11.1. The zero-order chi connectivity index (χ0) is 16.2. The van der Waals surface area contributed by atoms with Gasteiger partial charge in [0.15, 0.2) is 0 Å². The van der Waals surface area contributed by atoms with E-state index in [1.165, 1.54) is 0 Å². The molecule has 0 radical (unpaired) electrons. The van der Waals surface area contributed by atoms with Gasteiger partial charge >= 0.3 is 0 Å². The highest BCUT2D eigenvalue weighted by Gasteiger charge is 2.30. The number of carbonyl (C=O) groups excluding carboxylic acids is 1. The standard InChI is InChI=1S/C17H24ClN3O2/c18-15-4-2-1-3-12(15)11-21-7-5-13(6-8-21)20-17(23)16-9-14(22)10-19-16/h1-4,13-14,16,19,22H,5-11H2,(H,20,23)/t14-,16+/m1/s1. The van der Waals surface area contributed by atoms with Crippen LogP contribution in [0.25, 0.3) is 0 Å². The number of hydrogen-bond acceptors (Lipinski definition) is 4. The predicted molar refractivity (Wildman–Crippen MR) is 90.3 cm³/mol. The summed E-state index contributed by atoms with van der Waals surface area (Å²) in [6.45, 7) is 3.28. The Bertz CT molecular complexity index is 546. The molecule has 3 rings (SSSR count). The largest absolute Gasteiger partial charge is 0.392 e. The summed E-state index contributed by atoms with van der Waals surface area (Å²) >= 11 is 6.21. The third-order valence-corrected chi connectivity index (χ3v) is 5.08. The number of nitrogens with one attached hydrogen (secondary N) is 2. The van der Waals surface area contributed by atoms with Gasteiger partial charge in [0, 0.05) is 37.2 Å². The van der Waals surface area contributed by atoms with Crippen molar-refractivity contribution >= 4 is 17.5 Å². The van der Waals surface area contributed by atoms with E-state index < -0.39 is 6.10 Å². The number of aliphatic hydroxyl groups excluding tert-OH is 1. The van der Waals surface area contributed by atoms with Crippen LogP contribution in [0.15, 0.2) is 24.3 Å². The van der Waals surface area contributed by atoms with Gasteiger partial charge in [-0.3, -0.25) is 9.69 Å². The number of aliphatic hydroxyl groups is 1. The van der Waals surface area contributed by atoms with Gasteiger partial charge in [-0.05, 0) is 30.9 Å². The summed E-state index contributed by atoms with van der Waals surface area (Å²) in [6, 6.07) is 7.93. The van der Waals surface area contributed by atoms with E-state index >= 15 is 0 Å². The van der Waals surface area contributed by atoms with Crippen molar-refractivity contribution in [2.45, 2.75) is 44.0 Å². The second-order valence-electron chi connectivity index (χ2n) is 6.50. The van der Waals surface area contributed by atoms with Gasteiger partial charge in [0.25, 0.3) is 0 Å². The number of nitrogens with zero attached hydrogens (tertiary/aromatic N) is 1. The molecule has 0 aromatic heterocycles. The lowest BCUT2D eigenvalue weighted by Crippen LogP contribution is -2.49. The van der Waals surface area contributed by atoms with Crippen molar-refractivity contribution in [1.82, 2.24) is 15.5 Å². The van der Waals surface area contributed by atoms with Crippen molar-refractivity contribution < 1.29 is 9.90 Å². The molecule has 1 aromatic rings. The lowest BCUT2D eigenvalue weighted by atomic mass is 10.0. The van der Waals surface area contributed by atoms with Crippen LogP contribution < -0.4 is 10.6 Å². The Hall–Kier alpha value is -1.14. The number of amides is 1. The maximum absolute atomic E-state index is 12.2. The fraction of sp³-hybridized carbons (Fsp3) is 0.588. The molecule has 1 amide bonds. The lowest BCUT2D eigenvalue weighted by molar-refractivity contribution is -0.124. The molecule has 2 saturated heterocycles. The van der Waals surface area contributed by atoms with Crippen LogP contribution in [0.1, 0.15) is 24.8 Å². The molecular weight excluding hydrogens is 314 g/mol. The van der Waals surface area contributed by atoms with Crippen molar-refractivity contribution in [3.63, 3.8) is 0 Å². The molecule has 126 valence electrons. The molecule has 2 fully saturated rings. The predicted octanol–water partition coefficient (Wildman–Crippen LogP) is 1.14. The van der Waals surface area contributed by atoms with Crippen LogP contribution in [0.5, 0.6) is 0 Å². The van der Waals surface area contributed by atoms with Crippen molar-refractivity contribution in [3.05, 3.63) is 34.9 Å². The summed E-state index contributed by atoms with van der Waals surface area (Å²) in [4.78, 5) is 14.5. The summed E-state index contributed by atoms with van der Waals surface area (Å²) < 4.78 is 0. The summed E-state index contributed by atoms with van der Waals surface area (Å²) in [7, 11) is 0. The maximum Gasteiger partial charge on any atom is 0.237 e. The van der Waals surface area contributed by atoms with Crippen LogP contribution in [0.3, 0.4) is 0 Å². The summed E-state index contributed by atoms with van der Waals surface area (Å²) in [5, 5.41) is 16.5. The molecule has 2 heterocycles. The minimum Gasteiger partial charge on any atom is -0.392 e. The summed E-state index contributed by atoms with van der Waals surface area (Å²) in [5.74, 6) is 0.0195. The topological polar surface area (TPSA) is 64.6 Å². The van der Waals surface area contributed by atoms with Gasteiger partial charge in [0.1, 0.15) is 0 Å². The smallest absolute Gasteiger partial charge is 0.237 e. The minimum atomic E-state index is -0.400. The molecule has 5 nitrogen and oxygen atoms in total. The van der Waals surface area contributed by atoms with E-state index in [-0.39, 0.29) is 18.0 Å². The van der Waals surface area contributed by atoms with E-state index in [1.54, 1.807) is 0 Å². The Kier molecular flexibility index (Phi) is 5.54. The first-order valence-electron chi connectivity index (χ1n) is 8.29. The van der Waals surface area contributed by atoms with E-state index in [9.17, 15) is 9.90 Å². The molecule has 0 bridgehead atoms. The second-order valence-corrected chi connectivity index (χ2v) is 6.91. The lowest BCUT2D eigenvalue weighted by Gasteiger charge is -2.33. The van der Waals surface area contributed by atoms with Gasteiger partial charge in [-0.25, -0.2) is 0 Å². The first kappa shape index (κ1) is 16.7. The molecule has 2 atom stereocenters. The fourth-order valence-corrected chi connectivity index (χ4v) is 3.52. The monoisotopic (exact) mass is 337 g/mol. The number of likely N-dealkylation sites (tertiary alicyclic amines) is 1. The van der Waals surface area contributed by atoms with Crippen molar-refractivity contribution in [1.29, 1.82) is 0 Å². The number of β-amino-alcohol motifs (C(OH)–C–C–N with tert-alkyl or cyclic N) is 1. The average molecular weight is 338 g/mol. The van der Waals surface area contributed by atoms with Gasteiger partial charge in [0.05, 0.1) is 12.1 Å². The van der Waals surface area contributed by atoms with Crippen molar-refractivity contribution in [3.8, 4) is 0 Å². The molecule has 0 spiro atoms. The van der Waals surface area contributed by atoms with E-state index in [0.717, 1.165) is 43.1 Å². The molecule has 1 aromatic carbocycles. The highest BCUT2D eigenvalue weighted by Crippen LogP contribution is 2.20. The average Bonchev–Trinajstić information content (AvgIpc) is 2.98. The molecule has 0 saturated carbocycles. The third kappa shape index (κ3) is 4.44. The number of rotatable bonds is 4. The van der Waals surface area contributed by atoms with E-state index in [2.05, 4.69) is 21.6 Å². The highest BCUT2D eigenvalue weighted by molar-refractivity contribution is 6.31. The summed E-state index contributed by atoms with van der Waals surface area (Å²) in [6.07, 6.45) is 2.01. The second kappa shape index (κ2) is 7.62. The van der Waals surface area contributed by atoms with Gasteiger partial charge in [-0.2, -0.15) is 0 Å². The van der Waals surface area contributed by atoms with Crippen molar-refractivity contribution in [2.75, 3.05) is 19.6 Å². The molecule has 2 aliphatic heterocycles. The Morgan fingerprint density at radius 2 is 2.09 bits per heavy atom. The quantitative estimate of drug-likeness (QED) is 0.771. The van der Waals surface area contributed by atoms with Crippen LogP contribution in [0.4, 0.5) is 0 Å². The minimum absolute atomic E-state index is 0.0195. The molecule has 0 unspecified atom stereocenters. The molecular formula is C17H24ClN3O2. The Labute approximate surface area is 142 Å². The van der Waals surface area contributed by atoms with Crippen LogP contribution in [-0.4, -0.2) is 53.7 Å². The molecule has 23 heavy (non-hydrogen) atoms. The van der Waals surface area contributed by atoms with Gasteiger partial charge in [0.2, 0.25) is 5.91 Å². The third-order valence-electron chi connectivity index (χ3n) is 4.71. The van der Waals surface area contributed by atoms with Crippen LogP contribution >= 0.6 is 11.6 Å². The van der Waals surface area contributed by atoms with Gasteiger partial charge < -0.3 is 15.7 Å². The molecule has 0 aliphatic carbocycles. The zero-order valence-electron chi connectivity index (χ0n) is 13.2. The van der Waals surface area contributed by atoms with Crippen molar-refractivity contribution in [2.24, 2.45) is 0 Å². The number of halogens is 1. The zero-order valence-corrected chi connectivity index (χ0v) is 13.9. The molecule has 6 heteroatoms. The Morgan fingerprint density at radius 1 is 1.35 bits per heavy atom. The Morgan fingerprint density at radius 3 is 2.74 bits per heavy atom. The number of hydrogen-bond donors (Lipinski definition) is 3. The fourth-order valence-electron chi connectivity index (χ4n) is 3.32. The maximum atomic E-state index is 12.2. The highest BCUT2D eigenvalue weighted by atomic mass is 35.5. The number of benzene rings is 1.